The summed E-state index contributed by atoms with van der Waals surface area (Å²) >= 11 is 0. The van der Waals surface area contributed by atoms with E-state index in [4.69, 9.17) is 4.74 Å². The van der Waals surface area contributed by atoms with Gasteiger partial charge in [-0.05, 0) is 32.1 Å². The quantitative estimate of drug-likeness (QED) is 0.536. The third kappa shape index (κ3) is 3.44. The van der Waals surface area contributed by atoms with Crippen LogP contribution in [0.3, 0.4) is 0 Å². The van der Waals surface area contributed by atoms with Gasteiger partial charge < -0.3 is 4.74 Å². The lowest BCUT2D eigenvalue weighted by molar-refractivity contribution is 0.210. The van der Waals surface area contributed by atoms with Crippen LogP contribution >= 0.6 is 0 Å². The molecule has 0 unspecified atom stereocenters. The molecule has 0 radical (unpaired) electrons. The van der Waals surface area contributed by atoms with Crippen LogP contribution in [0.4, 0.5) is 0 Å². The zero-order valence-corrected chi connectivity index (χ0v) is 8.60. The van der Waals surface area contributed by atoms with Crippen molar-refractivity contribution >= 4 is 0 Å². The summed E-state index contributed by atoms with van der Waals surface area (Å²) in [6, 6.07) is 3.90. The van der Waals surface area contributed by atoms with E-state index in [0.717, 1.165) is 11.3 Å². The first-order valence-electron chi connectivity index (χ1n) is 4.67. The summed E-state index contributed by atoms with van der Waals surface area (Å²) in [7, 11) is 0. The van der Waals surface area contributed by atoms with Gasteiger partial charge in [-0.25, -0.2) is 0 Å². The van der Waals surface area contributed by atoms with Gasteiger partial charge >= 0.3 is 0 Å². The number of rotatable bonds is 4. The Balaban J connectivity index is 2.48. The number of hydrogen-bond acceptors (Lipinski definition) is 2. The van der Waals surface area contributed by atoms with E-state index in [2.05, 4.69) is 4.98 Å². The fourth-order valence-corrected chi connectivity index (χ4v) is 1.04. The van der Waals surface area contributed by atoms with E-state index in [1.807, 2.05) is 50.4 Å². The molecule has 1 aromatic rings. The maximum Gasteiger partial charge on any atom is 0.115 e. The maximum atomic E-state index is 5.55. The van der Waals surface area contributed by atoms with Gasteiger partial charge in [-0.1, -0.05) is 12.1 Å². The standard InChI is InChI=1S/C12H15NO/c1-3-6-12(4-2)14-10-11-7-5-8-13-9-11/h3-9H,10H2,1-2H3. The number of hydrogen-bond donors (Lipinski definition) is 0. The second kappa shape index (κ2) is 5.97. The lowest BCUT2D eigenvalue weighted by atomic mass is 10.3. The van der Waals surface area contributed by atoms with Crippen molar-refractivity contribution in [2.24, 2.45) is 0 Å². The molecular formula is C12H15NO. The normalized spacial score (nSPS) is 12.0. The molecule has 1 rings (SSSR count). The Labute approximate surface area is 84.9 Å². The van der Waals surface area contributed by atoms with Crippen molar-refractivity contribution in [2.75, 3.05) is 0 Å². The summed E-state index contributed by atoms with van der Waals surface area (Å²) in [5.41, 5.74) is 1.08. The topological polar surface area (TPSA) is 22.1 Å². The fraction of sp³-hybridized carbons (Fsp3) is 0.250. The second-order valence-electron chi connectivity index (χ2n) is 2.84. The zero-order chi connectivity index (χ0) is 10.2. The van der Waals surface area contributed by atoms with Crippen LogP contribution in [0, 0.1) is 0 Å². The summed E-state index contributed by atoms with van der Waals surface area (Å²) in [5, 5.41) is 0. The van der Waals surface area contributed by atoms with E-state index in [1.165, 1.54) is 0 Å². The molecule has 0 aromatic carbocycles. The third-order valence-electron chi connectivity index (χ3n) is 1.74. The van der Waals surface area contributed by atoms with Gasteiger partial charge in [0, 0.05) is 18.0 Å². The molecule has 1 heterocycles. The van der Waals surface area contributed by atoms with E-state index in [1.54, 1.807) is 6.20 Å². The monoisotopic (exact) mass is 189 g/mol. The lowest BCUT2D eigenvalue weighted by Crippen LogP contribution is -1.91. The van der Waals surface area contributed by atoms with Crippen LogP contribution in [0.15, 0.2) is 48.5 Å². The number of aromatic nitrogens is 1. The second-order valence-corrected chi connectivity index (χ2v) is 2.84. The van der Waals surface area contributed by atoms with Crippen LogP contribution < -0.4 is 0 Å². The van der Waals surface area contributed by atoms with Gasteiger partial charge in [-0.2, -0.15) is 0 Å². The highest BCUT2D eigenvalue weighted by molar-refractivity contribution is 5.12. The van der Waals surface area contributed by atoms with Crippen molar-refractivity contribution < 1.29 is 4.74 Å². The largest absolute Gasteiger partial charge is 0.489 e. The van der Waals surface area contributed by atoms with Crippen molar-refractivity contribution in [3.05, 3.63) is 54.1 Å². The first-order chi connectivity index (χ1) is 6.86. The molecule has 0 spiro atoms. The Hall–Kier alpha value is -1.57. The van der Waals surface area contributed by atoms with Crippen LogP contribution in [-0.2, 0) is 11.3 Å². The van der Waals surface area contributed by atoms with Crippen molar-refractivity contribution in [1.82, 2.24) is 4.98 Å². The molecule has 0 aliphatic heterocycles. The summed E-state index contributed by atoms with van der Waals surface area (Å²) < 4.78 is 5.55. The lowest BCUT2D eigenvalue weighted by Gasteiger charge is -2.05. The van der Waals surface area contributed by atoms with E-state index in [9.17, 15) is 0 Å². The number of nitrogens with zero attached hydrogens (tertiary/aromatic N) is 1. The van der Waals surface area contributed by atoms with Crippen molar-refractivity contribution in [2.45, 2.75) is 20.5 Å². The smallest absolute Gasteiger partial charge is 0.115 e. The van der Waals surface area contributed by atoms with Gasteiger partial charge in [0.2, 0.25) is 0 Å². The minimum Gasteiger partial charge on any atom is -0.489 e. The van der Waals surface area contributed by atoms with Gasteiger partial charge in [0.25, 0.3) is 0 Å². The van der Waals surface area contributed by atoms with Crippen LogP contribution in [0.2, 0.25) is 0 Å². The zero-order valence-electron chi connectivity index (χ0n) is 8.60. The van der Waals surface area contributed by atoms with Crippen molar-refractivity contribution in [3.63, 3.8) is 0 Å². The van der Waals surface area contributed by atoms with Crippen LogP contribution in [0.5, 0.6) is 0 Å². The molecular weight excluding hydrogens is 174 g/mol. The highest BCUT2D eigenvalue weighted by atomic mass is 16.5. The van der Waals surface area contributed by atoms with Crippen LogP contribution in [0.25, 0.3) is 0 Å². The third-order valence-corrected chi connectivity index (χ3v) is 1.74. The molecule has 0 amide bonds. The minimum atomic E-state index is 0.567. The Morgan fingerprint density at radius 3 is 2.93 bits per heavy atom. The van der Waals surface area contributed by atoms with Crippen LogP contribution in [0.1, 0.15) is 19.4 Å². The minimum absolute atomic E-state index is 0.567. The van der Waals surface area contributed by atoms with Gasteiger partial charge in [-0.15, -0.1) is 0 Å². The summed E-state index contributed by atoms with van der Waals surface area (Å²) in [6.45, 7) is 4.49. The molecule has 0 N–H and O–H groups in total. The van der Waals surface area contributed by atoms with Crippen LogP contribution in [-0.4, -0.2) is 4.98 Å². The average Bonchev–Trinajstić information content (AvgIpc) is 2.25. The molecule has 1 aromatic heterocycles. The molecule has 0 atom stereocenters. The Morgan fingerprint density at radius 2 is 2.36 bits per heavy atom. The predicted molar refractivity (Wildman–Crippen MR) is 57.6 cm³/mol. The first-order valence-corrected chi connectivity index (χ1v) is 4.67. The summed E-state index contributed by atoms with van der Waals surface area (Å²) in [5.74, 6) is 0.886. The Morgan fingerprint density at radius 1 is 1.50 bits per heavy atom. The number of allylic oxidation sites excluding steroid dienone is 3. The first kappa shape index (κ1) is 10.5. The number of ether oxygens (including phenoxy) is 1. The summed E-state index contributed by atoms with van der Waals surface area (Å²) in [6.07, 6.45) is 9.40. The van der Waals surface area contributed by atoms with E-state index < -0.39 is 0 Å². The average molecular weight is 189 g/mol. The van der Waals surface area contributed by atoms with E-state index in [-0.39, 0.29) is 0 Å². The number of pyridine rings is 1. The predicted octanol–water partition coefficient (Wildman–Crippen LogP) is 3.08. The molecule has 74 valence electrons. The molecule has 2 nitrogen and oxygen atoms in total. The van der Waals surface area contributed by atoms with Gasteiger partial charge in [0.05, 0.1) is 0 Å². The van der Waals surface area contributed by atoms with Gasteiger partial charge in [0.15, 0.2) is 0 Å². The molecule has 0 aliphatic carbocycles. The highest BCUT2D eigenvalue weighted by Gasteiger charge is 1.93. The maximum absolute atomic E-state index is 5.55. The Kier molecular flexibility index (Phi) is 4.48. The van der Waals surface area contributed by atoms with Crippen molar-refractivity contribution in [3.8, 4) is 0 Å². The van der Waals surface area contributed by atoms with E-state index in [0.29, 0.717) is 6.61 Å². The molecule has 0 saturated heterocycles. The SMILES string of the molecule is CC=CC(=CC)OCc1cccnc1. The Bertz CT molecular complexity index is 314. The van der Waals surface area contributed by atoms with Gasteiger partial charge in [-0.3, -0.25) is 4.98 Å². The fourth-order valence-electron chi connectivity index (χ4n) is 1.04. The molecule has 0 bridgehead atoms. The molecule has 0 fully saturated rings. The summed E-state index contributed by atoms with van der Waals surface area (Å²) in [4.78, 5) is 4.02. The molecule has 14 heavy (non-hydrogen) atoms. The van der Waals surface area contributed by atoms with E-state index >= 15 is 0 Å². The molecule has 0 saturated carbocycles. The molecule has 2 heteroatoms. The highest BCUT2D eigenvalue weighted by Crippen LogP contribution is 2.05. The van der Waals surface area contributed by atoms with Crippen molar-refractivity contribution in [1.29, 1.82) is 0 Å². The van der Waals surface area contributed by atoms with Gasteiger partial charge in [0.1, 0.15) is 12.4 Å². The molecule has 0 aliphatic rings.